The van der Waals surface area contributed by atoms with Gasteiger partial charge in [-0.2, -0.15) is 0 Å². The number of allylic oxidation sites excluding steroid dienone is 1. The zero-order valence-electron chi connectivity index (χ0n) is 12.9. The maximum absolute atomic E-state index is 12.2. The van der Waals surface area contributed by atoms with E-state index in [-0.39, 0.29) is 29.0 Å². The van der Waals surface area contributed by atoms with Gasteiger partial charge in [-0.05, 0) is 31.1 Å². The summed E-state index contributed by atoms with van der Waals surface area (Å²) in [6.07, 6.45) is 3.98. The molecule has 19 heavy (non-hydrogen) atoms. The quantitative estimate of drug-likeness (QED) is 0.586. The molecule has 0 spiro atoms. The minimum absolute atomic E-state index is 0.0230. The van der Waals surface area contributed by atoms with E-state index < -0.39 is 8.32 Å². The summed E-state index contributed by atoms with van der Waals surface area (Å²) in [7, 11) is -1.82. The molecule has 4 heteroatoms. The Kier molecular flexibility index (Phi) is 3.30. The molecule has 2 aliphatic rings. The Morgan fingerprint density at radius 2 is 2.00 bits per heavy atom. The highest BCUT2D eigenvalue weighted by molar-refractivity contribution is 6.74. The summed E-state index contributed by atoms with van der Waals surface area (Å²) in [5, 5.41) is 0.169. The molecular weight excluding hydrogens is 254 g/mol. The van der Waals surface area contributed by atoms with Crippen LogP contribution in [0.3, 0.4) is 0 Å². The second kappa shape index (κ2) is 4.32. The highest BCUT2D eigenvalue weighted by Gasteiger charge is 2.53. The number of fused-ring (bicyclic) bond motifs is 1. The molecule has 0 aromatic rings. The molecule has 0 bridgehead atoms. The van der Waals surface area contributed by atoms with Crippen molar-refractivity contribution in [1.82, 2.24) is 4.90 Å². The van der Waals surface area contributed by atoms with Crippen LogP contribution in [-0.4, -0.2) is 31.3 Å². The SMILES string of the molecule is C=C1C=C[C@@H]2[C@@H]([C@@H](C)O[Si](C)(C)C(C)(C)C)C(=O)N12. The van der Waals surface area contributed by atoms with Gasteiger partial charge in [0, 0.05) is 5.70 Å². The van der Waals surface area contributed by atoms with Crippen LogP contribution in [-0.2, 0) is 9.22 Å². The van der Waals surface area contributed by atoms with Crippen LogP contribution in [0, 0.1) is 5.92 Å². The van der Waals surface area contributed by atoms with Gasteiger partial charge in [0.15, 0.2) is 8.32 Å². The molecule has 0 saturated carbocycles. The number of rotatable bonds is 3. The number of hydrogen-bond donors (Lipinski definition) is 0. The van der Waals surface area contributed by atoms with E-state index in [0.29, 0.717) is 0 Å². The Labute approximate surface area is 117 Å². The third kappa shape index (κ3) is 2.21. The molecular formula is C15H25NO2Si. The zero-order valence-corrected chi connectivity index (χ0v) is 13.9. The molecule has 3 nitrogen and oxygen atoms in total. The molecule has 0 unspecified atom stereocenters. The number of nitrogens with zero attached hydrogens (tertiary/aromatic N) is 1. The van der Waals surface area contributed by atoms with Crippen LogP contribution >= 0.6 is 0 Å². The molecule has 2 aliphatic heterocycles. The van der Waals surface area contributed by atoms with Crippen LogP contribution in [0.1, 0.15) is 27.7 Å². The molecule has 1 fully saturated rings. The molecule has 0 N–H and O–H groups in total. The van der Waals surface area contributed by atoms with Gasteiger partial charge in [-0.25, -0.2) is 0 Å². The second-order valence-corrected chi connectivity index (χ2v) is 11.9. The van der Waals surface area contributed by atoms with Crippen LogP contribution in [0.15, 0.2) is 24.4 Å². The van der Waals surface area contributed by atoms with E-state index in [2.05, 4.69) is 46.5 Å². The van der Waals surface area contributed by atoms with Crippen molar-refractivity contribution in [2.45, 2.75) is 58.0 Å². The Morgan fingerprint density at radius 3 is 2.53 bits per heavy atom. The lowest BCUT2D eigenvalue weighted by Crippen LogP contribution is -2.62. The lowest BCUT2D eigenvalue weighted by atomic mass is 9.85. The average Bonchev–Trinajstić information content (AvgIpc) is 2.52. The van der Waals surface area contributed by atoms with Gasteiger partial charge in [-0.15, -0.1) is 0 Å². The number of amides is 1. The number of β-lactam (4-membered cyclic amide) rings is 1. The minimum atomic E-state index is -1.82. The van der Waals surface area contributed by atoms with Crippen molar-refractivity contribution in [2.24, 2.45) is 5.92 Å². The molecule has 0 aliphatic carbocycles. The van der Waals surface area contributed by atoms with E-state index in [4.69, 9.17) is 4.43 Å². The lowest BCUT2D eigenvalue weighted by molar-refractivity contribution is -0.153. The van der Waals surface area contributed by atoms with Gasteiger partial charge in [-0.1, -0.05) is 33.4 Å². The molecule has 0 aromatic carbocycles. The van der Waals surface area contributed by atoms with Gasteiger partial charge in [-0.3, -0.25) is 4.79 Å². The predicted octanol–water partition coefficient (Wildman–Crippen LogP) is 3.31. The largest absolute Gasteiger partial charge is 0.413 e. The van der Waals surface area contributed by atoms with Crippen molar-refractivity contribution in [3.63, 3.8) is 0 Å². The van der Waals surface area contributed by atoms with Crippen LogP contribution in [0.4, 0.5) is 0 Å². The fourth-order valence-corrected chi connectivity index (χ4v) is 3.98. The summed E-state index contributed by atoms with van der Waals surface area (Å²) in [5.41, 5.74) is 0.811. The standard InChI is InChI=1S/C15H25NO2Si/c1-10-8-9-12-13(14(17)16(10)12)11(2)18-19(6,7)15(3,4)5/h8-9,11-13H,1H2,2-7H3/t11-,12-,13-/m1/s1. The monoisotopic (exact) mass is 279 g/mol. The fraction of sp³-hybridized carbons (Fsp3) is 0.667. The summed E-state index contributed by atoms with van der Waals surface area (Å²) in [6.45, 7) is 17.0. The molecule has 1 saturated heterocycles. The first-order valence-corrected chi connectivity index (χ1v) is 9.85. The first kappa shape index (κ1) is 14.5. The first-order valence-electron chi connectivity index (χ1n) is 6.94. The molecule has 1 amide bonds. The Balaban J connectivity index is 2.07. The van der Waals surface area contributed by atoms with Crippen molar-refractivity contribution >= 4 is 14.2 Å². The van der Waals surface area contributed by atoms with Gasteiger partial charge in [0.2, 0.25) is 5.91 Å². The lowest BCUT2D eigenvalue weighted by Gasteiger charge is -2.48. The van der Waals surface area contributed by atoms with E-state index in [1.54, 1.807) is 4.90 Å². The van der Waals surface area contributed by atoms with E-state index in [1.807, 2.05) is 13.0 Å². The van der Waals surface area contributed by atoms with Crippen molar-refractivity contribution in [3.05, 3.63) is 24.4 Å². The van der Waals surface area contributed by atoms with E-state index >= 15 is 0 Å². The second-order valence-electron chi connectivity index (χ2n) is 7.16. The highest BCUT2D eigenvalue weighted by atomic mass is 28.4. The Bertz CT molecular complexity index is 448. The van der Waals surface area contributed by atoms with E-state index in [9.17, 15) is 4.79 Å². The molecule has 0 radical (unpaired) electrons. The highest BCUT2D eigenvalue weighted by Crippen LogP contribution is 2.43. The van der Waals surface area contributed by atoms with Crippen LogP contribution in [0.25, 0.3) is 0 Å². The third-order valence-corrected chi connectivity index (χ3v) is 9.35. The van der Waals surface area contributed by atoms with Crippen molar-refractivity contribution in [3.8, 4) is 0 Å². The van der Waals surface area contributed by atoms with Crippen LogP contribution in [0.5, 0.6) is 0 Å². The maximum Gasteiger partial charge on any atom is 0.235 e. The average molecular weight is 279 g/mol. The van der Waals surface area contributed by atoms with Gasteiger partial charge in [0.1, 0.15) is 0 Å². The molecule has 2 heterocycles. The summed E-state index contributed by atoms with van der Waals surface area (Å²) < 4.78 is 6.35. The van der Waals surface area contributed by atoms with Crippen molar-refractivity contribution in [1.29, 1.82) is 0 Å². The van der Waals surface area contributed by atoms with E-state index in [0.717, 1.165) is 5.70 Å². The Hall–Kier alpha value is -0.873. The van der Waals surface area contributed by atoms with Crippen molar-refractivity contribution in [2.75, 3.05) is 0 Å². The fourth-order valence-electron chi connectivity index (χ4n) is 2.55. The normalized spacial score (nSPS) is 28.4. The number of carbonyl (C=O) groups excluding carboxylic acids is 1. The van der Waals surface area contributed by atoms with Gasteiger partial charge < -0.3 is 9.33 Å². The van der Waals surface area contributed by atoms with Crippen molar-refractivity contribution < 1.29 is 9.22 Å². The smallest absolute Gasteiger partial charge is 0.235 e. The van der Waals surface area contributed by atoms with Crippen LogP contribution < -0.4 is 0 Å². The van der Waals surface area contributed by atoms with Gasteiger partial charge in [0.25, 0.3) is 0 Å². The van der Waals surface area contributed by atoms with Crippen LogP contribution in [0.2, 0.25) is 18.1 Å². The zero-order chi connectivity index (χ0) is 14.6. The summed E-state index contributed by atoms with van der Waals surface area (Å²) >= 11 is 0. The first-order chi connectivity index (χ1) is 8.56. The number of hydrogen-bond acceptors (Lipinski definition) is 2. The summed E-state index contributed by atoms with van der Waals surface area (Å²) in [6, 6.07) is 0.166. The van der Waals surface area contributed by atoms with Gasteiger partial charge in [0.05, 0.1) is 18.1 Å². The molecule has 106 valence electrons. The van der Waals surface area contributed by atoms with E-state index in [1.165, 1.54) is 0 Å². The summed E-state index contributed by atoms with van der Waals surface area (Å²) in [5.74, 6) is 0.121. The van der Waals surface area contributed by atoms with Gasteiger partial charge >= 0.3 is 0 Å². The Morgan fingerprint density at radius 1 is 1.42 bits per heavy atom. The number of carbonyl (C=O) groups is 1. The minimum Gasteiger partial charge on any atom is -0.413 e. The summed E-state index contributed by atoms with van der Waals surface area (Å²) in [4.78, 5) is 14.0. The molecule has 3 atom stereocenters. The maximum atomic E-state index is 12.2. The predicted molar refractivity (Wildman–Crippen MR) is 80.1 cm³/mol. The third-order valence-electron chi connectivity index (χ3n) is 4.78. The topological polar surface area (TPSA) is 29.5 Å². The molecule has 2 rings (SSSR count). The molecule has 0 aromatic heterocycles.